The number of unbranched alkanes of at least 4 members (excludes halogenated alkanes) is 1. The Bertz CT molecular complexity index is 827. The highest BCUT2D eigenvalue weighted by Crippen LogP contribution is 2.33. The lowest BCUT2D eigenvalue weighted by molar-refractivity contribution is 0.273. The number of ether oxygens (including phenoxy) is 2. The summed E-state index contributed by atoms with van der Waals surface area (Å²) in [6.45, 7) is 5.08. The van der Waals surface area contributed by atoms with Crippen LogP contribution in [0.25, 0.3) is 11.3 Å². The van der Waals surface area contributed by atoms with Gasteiger partial charge in [-0.2, -0.15) is 5.26 Å². The molecule has 25 heavy (non-hydrogen) atoms. The molecule has 0 aliphatic rings. The van der Waals surface area contributed by atoms with Crippen LogP contribution in [0, 0.1) is 11.3 Å². The topological polar surface area (TPSA) is 88.0 Å². The molecule has 7 heteroatoms. The smallest absolute Gasteiger partial charge is 0.270 e. The van der Waals surface area contributed by atoms with Gasteiger partial charge in [-0.05, 0) is 37.8 Å². The van der Waals surface area contributed by atoms with Crippen LogP contribution >= 0.6 is 11.8 Å². The molecule has 1 aromatic heterocycles. The number of thioether (sulfide) groups is 1. The van der Waals surface area contributed by atoms with Crippen molar-refractivity contribution >= 4 is 11.8 Å². The van der Waals surface area contributed by atoms with Gasteiger partial charge in [-0.3, -0.25) is 4.79 Å². The van der Waals surface area contributed by atoms with Gasteiger partial charge >= 0.3 is 0 Å². The molecule has 0 atom stereocenters. The molecule has 6 nitrogen and oxygen atoms in total. The Balaban J connectivity index is 2.49. The number of rotatable bonds is 8. The molecule has 0 fully saturated rings. The Morgan fingerprint density at radius 3 is 2.72 bits per heavy atom. The molecular weight excluding hydrogens is 338 g/mol. The summed E-state index contributed by atoms with van der Waals surface area (Å²) in [5, 5.41) is 9.78. The minimum absolute atomic E-state index is 0.0140. The summed E-state index contributed by atoms with van der Waals surface area (Å²) in [7, 11) is 0. The van der Waals surface area contributed by atoms with Gasteiger partial charge in [0, 0.05) is 5.56 Å². The standard InChI is InChI=1S/C18H21N3O3S/c1-4-6-9-24-14-8-7-12(10-15(14)23-5-2)16-13(11-19)17(22)21-18(20-16)25-3/h7-8,10H,4-6,9H2,1-3H3,(H,20,21,22). The van der Waals surface area contributed by atoms with E-state index in [9.17, 15) is 10.1 Å². The number of nitrogens with one attached hydrogen (secondary N) is 1. The Kier molecular flexibility index (Phi) is 6.90. The number of aromatic nitrogens is 2. The van der Waals surface area contributed by atoms with Gasteiger partial charge in [0.15, 0.2) is 16.7 Å². The molecule has 0 amide bonds. The lowest BCUT2D eigenvalue weighted by Crippen LogP contribution is -2.14. The van der Waals surface area contributed by atoms with Crippen LogP contribution in [0.5, 0.6) is 11.5 Å². The van der Waals surface area contributed by atoms with E-state index in [1.54, 1.807) is 18.2 Å². The first kappa shape index (κ1) is 18.9. The molecule has 0 aliphatic carbocycles. The summed E-state index contributed by atoms with van der Waals surface area (Å²) in [6, 6.07) is 7.27. The van der Waals surface area contributed by atoms with Crippen LogP contribution in [-0.2, 0) is 0 Å². The van der Waals surface area contributed by atoms with E-state index >= 15 is 0 Å². The third kappa shape index (κ3) is 4.54. The Labute approximate surface area is 151 Å². The number of benzene rings is 1. The molecule has 2 aromatic rings. The highest BCUT2D eigenvalue weighted by molar-refractivity contribution is 7.98. The molecule has 0 saturated heterocycles. The maximum Gasteiger partial charge on any atom is 0.270 e. The minimum atomic E-state index is -0.446. The van der Waals surface area contributed by atoms with E-state index in [-0.39, 0.29) is 5.56 Å². The summed E-state index contributed by atoms with van der Waals surface area (Å²) < 4.78 is 11.4. The predicted molar refractivity (Wildman–Crippen MR) is 98.4 cm³/mol. The fourth-order valence-electron chi connectivity index (χ4n) is 2.23. The van der Waals surface area contributed by atoms with Gasteiger partial charge in [0.1, 0.15) is 11.6 Å². The normalized spacial score (nSPS) is 10.3. The number of nitrogens with zero attached hydrogens (tertiary/aromatic N) is 2. The molecule has 0 bridgehead atoms. The highest BCUT2D eigenvalue weighted by Gasteiger charge is 2.16. The van der Waals surface area contributed by atoms with Crippen molar-refractivity contribution < 1.29 is 9.47 Å². The third-order valence-electron chi connectivity index (χ3n) is 3.48. The van der Waals surface area contributed by atoms with Crippen LogP contribution in [0.2, 0.25) is 0 Å². The van der Waals surface area contributed by atoms with E-state index in [1.807, 2.05) is 19.2 Å². The average molecular weight is 359 g/mol. The van der Waals surface area contributed by atoms with Crippen molar-refractivity contribution in [3.05, 3.63) is 34.1 Å². The molecule has 1 heterocycles. The van der Waals surface area contributed by atoms with Crippen molar-refractivity contribution in [2.24, 2.45) is 0 Å². The van der Waals surface area contributed by atoms with E-state index < -0.39 is 5.56 Å². The lowest BCUT2D eigenvalue weighted by Gasteiger charge is -2.13. The van der Waals surface area contributed by atoms with Crippen LogP contribution in [-0.4, -0.2) is 29.4 Å². The third-order valence-corrected chi connectivity index (χ3v) is 4.06. The predicted octanol–water partition coefficient (Wildman–Crippen LogP) is 3.61. The zero-order valence-electron chi connectivity index (χ0n) is 14.6. The van der Waals surface area contributed by atoms with Gasteiger partial charge in [0.25, 0.3) is 5.56 Å². The van der Waals surface area contributed by atoms with Crippen LogP contribution in [0.1, 0.15) is 32.3 Å². The molecular formula is C18H21N3O3S. The van der Waals surface area contributed by atoms with Crippen LogP contribution in [0.15, 0.2) is 28.2 Å². The summed E-state index contributed by atoms with van der Waals surface area (Å²) in [5.74, 6) is 1.22. The molecule has 1 N–H and O–H groups in total. The molecule has 0 unspecified atom stereocenters. The van der Waals surface area contributed by atoms with Crippen LogP contribution < -0.4 is 15.0 Å². The first-order chi connectivity index (χ1) is 12.1. The molecule has 0 saturated carbocycles. The van der Waals surface area contributed by atoms with E-state index in [2.05, 4.69) is 16.9 Å². The monoisotopic (exact) mass is 359 g/mol. The van der Waals surface area contributed by atoms with Crippen molar-refractivity contribution in [3.63, 3.8) is 0 Å². The van der Waals surface area contributed by atoms with Crippen molar-refractivity contribution in [1.82, 2.24) is 9.97 Å². The SMILES string of the molecule is CCCCOc1ccc(-c2nc(SC)[nH]c(=O)c2C#N)cc1OCC. The van der Waals surface area contributed by atoms with E-state index in [0.29, 0.717) is 41.1 Å². The fourth-order valence-corrected chi connectivity index (χ4v) is 2.61. The summed E-state index contributed by atoms with van der Waals surface area (Å²) in [6.07, 6.45) is 3.81. The van der Waals surface area contributed by atoms with Crippen LogP contribution in [0.3, 0.4) is 0 Å². The lowest BCUT2D eigenvalue weighted by atomic mass is 10.1. The second kappa shape index (κ2) is 9.14. The van der Waals surface area contributed by atoms with Gasteiger partial charge in [0.05, 0.1) is 18.9 Å². The average Bonchev–Trinajstić information content (AvgIpc) is 2.62. The van der Waals surface area contributed by atoms with E-state index in [1.165, 1.54) is 11.8 Å². The molecule has 2 rings (SSSR count). The Hall–Kier alpha value is -2.46. The minimum Gasteiger partial charge on any atom is -0.490 e. The maximum atomic E-state index is 12.1. The largest absolute Gasteiger partial charge is 0.490 e. The summed E-state index contributed by atoms with van der Waals surface area (Å²) in [5.41, 5.74) is 0.527. The van der Waals surface area contributed by atoms with Gasteiger partial charge in [0.2, 0.25) is 0 Å². The summed E-state index contributed by atoms with van der Waals surface area (Å²) >= 11 is 1.31. The van der Waals surface area contributed by atoms with Crippen molar-refractivity contribution in [3.8, 4) is 28.8 Å². The fraction of sp³-hybridized carbons (Fsp3) is 0.389. The van der Waals surface area contributed by atoms with Crippen molar-refractivity contribution in [1.29, 1.82) is 5.26 Å². The van der Waals surface area contributed by atoms with Gasteiger partial charge in [-0.1, -0.05) is 25.1 Å². The van der Waals surface area contributed by atoms with Crippen molar-refractivity contribution in [2.45, 2.75) is 31.8 Å². The first-order valence-corrected chi connectivity index (χ1v) is 9.35. The molecule has 0 radical (unpaired) electrons. The number of aromatic amines is 1. The first-order valence-electron chi connectivity index (χ1n) is 8.13. The van der Waals surface area contributed by atoms with E-state index in [4.69, 9.17) is 9.47 Å². The van der Waals surface area contributed by atoms with E-state index in [0.717, 1.165) is 12.8 Å². The van der Waals surface area contributed by atoms with Gasteiger partial charge in [-0.15, -0.1) is 0 Å². The highest BCUT2D eigenvalue weighted by atomic mass is 32.2. The molecule has 0 aliphatic heterocycles. The second-order valence-corrected chi connectivity index (χ2v) is 6.00. The van der Waals surface area contributed by atoms with Crippen molar-refractivity contribution in [2.75, 3.05) is 19.5 Å². The summed E-state index contributed by atoms with van der Waals surface area (Å²) in [4.78, 5) is 19.1. The Morgan fingerprint density at radius 1 is 1.28 bits per heavy atom. The van der Waals surface area contributed by atoms with Gasteiger partial charge in [-0.25, -0.2) is 4.98 Å². The molecule has 132 valence electrons. The van der Waals surface area contributed by atoms with Crippen LogP contribution in [0.4, 0.5) is 0 Å². The Morgan fingerprint density at radius 2 is 2.08 bits per heavy atom. The zero-order valence-corrected chi connectivity index (χ0v) is 15.4. The number of nitriles is 1. The molecule has 0 spiro atoms. The quantitative estimate of drug-likeness (QED) is 0.440. The zero-order chi connectivity index (χ0) is 18.2. The number of H-pyrrole nitrogens is 1. The van der Waals surface area contributed by atoms with Gasteiger partial charge < -0.3 is 14.5 Å². The maximum absolute atomic E-state index is 12.1. The number of hydrogen-bond donors (Lipinski definition) is 1. The second-order valence-electron chi connectivity index (χ2n) is 5.21. The molecule has 1 aromatic carbocycles. The number of hydrogen-bond acceptors (Lipinski definition) is 6.